The van der Waals surface area contributed by atoms with Gasteiger partial charge in [0, 0.05) is 36.8 Å². The third kappa shape index (κ3) is 6.76. The minimum atomic E-state index is -5.98. The number of hydrogen-bond donors (Lipinski definition) is 2. The largest absolute Gasteiger partial charge is 0.430 e. The second-order valence-corrected chi connectivity index (χ2v) is 8.55. The van der Waals surface area contributed by atoms with E-state index in [0.29, 0.717) is 18.7 Å². The average Bonchev–Trinajstić information content (AvgIpc) is 2.80. The number of carbonyl (C=O) groups is 2. The Morgan fingerprint density at radius 1 is 0.861 bits per heavy atom. The van der Waals surface area contributed by atoms with E-state index in [9.17, 15) is 41.0 Å². The van der Waals surface area contributed by atoms with Crippen LogP contribution in [-0.2, 0) is 12.1 Å². The van der Waals surface area contributed by atoms with E-state index < -0.39 is 29.4 Å². The number of aliphatic hydroxyl groups is 1. The average molecular weight is 519 g/mol. The zero-order chi connectivity index (χ0) is 27.3. The molecule has 2 aromatic rings. The maximum atomic E-state index is 13.0. The summed E-state index contributed by atoms with van der Waals surface area (Å²) in [5.41, 5.74) is -5.76. The van der Waals surface area contributed by atoms with Gasteiger partial charge in [0.2, 0.25) is 0 Å². The topological polar surface area (TPSA) is 72.9 Å². The highest BCUT2D eigenvalue weighted by molar-refractivity contribution is 5.99. The molecule has 0 spiro atoms. The maximum Gasteiger partial charge on any atom is 0.430 e. The van der Waals surface area contributed by atoms with Gasteiger partial charge in [-0.2, -0.15) is 26.3 Å². The van der Waals surface area contributed by atoms with E-state index in [0.717, 1.165) is 25.1 Å². The first-order valence-electron chi connectivity index (χ1n) is 10.8. The number of halogens is 6. The van der Waals surface area contributed by atoms with Crippen LogP contribution in [0, 0.1) is 0 Å². The summed E-state index contributed by atoms with van der Waals surface area (Å²) in [4.78, 5) is 28.7. The third-order valence-electron chi connectivity index (χ3n) is 5.46. The highest BCUT2D eigenvalue weighted by Crippen LogP contribution is 2.49. The van der Waals surface area contributed by atoms with Gasteiger partial charge >= 0.3 is 12.4 Å². The van der Waals surface area contributed by atoms with Crippen molar-refractivity contribution in [2.75, 3.05) is 34.2 Å². The molecule has 0 aliphatic carbocycles. The molecule has 0 heterocycles. The Kier molecular flexibility index (Phi) is 9.13. The second-order valence-electron chi connectivity index (χ2n) is 8.55. The lowest BCUT2D eigenvalue weighted by Gasteiger charge is -2.32. The quantitative estimate of drug-likeness (QED) is 0.493. The van der Waals surface area contributed by atoms with Crippen LogP contribution >= 0.6 is 0 Å². The van der Waals surface area contributed by atoms with Crippen molar-refractivity contribution in [3.05, 3.63) is 70.8 Å². The van der Waals surface area contributed by atoms with Gasteiger partial charge in [-0.3, -0.25) is 9.59 Å². The summed E-state index contributed by atoms with van der Waals surface area (Å²) in [6, 6.07) is 8.86. The molecule has 0 atom stereocenters. The van der Waals surface area contributed by atoms with Gasteiger partial charge in [0.15, 0.2) is 0 Å². The molecule has 2 amide bonds. The predicted octanol–water partition coefficient (Wildman–Crippen LogP) is 3.95. The van der Waals surface area contributed by atoms with Crippen molar-refractivity contribution < 1.29 is 41.0 Å². The standard InChI is InChI=1S/C24H27F6N3O3/c1-32(2)12-5-13-33(3)21(35)18-7-4-6-17(14-18)20(34)31-15-16-8-10-19(11-9-16)22(36,23(25,26)27)24(28,29)30/h4,6-11,14,36H,5,12-13,15H2,1-3H3,(H,31,34). The fourth-order valence-corrected chi connectivity index (χ4v) is 3.38. The SMILES string of the molecule is CN(C)CCCN(C)C(=O)c1cccc(C(=O)NCc2ccc(C(O)(C(F)(F)F)C(F)(F)F)cc2)c1. The first-order valence-corrected chi connectivity index (χ1v) is 10.8. The number of amides is 2. The highest BCUT2D eigenvalue weighted by Gasteiger charge is 2.71. The monoisotopic (exact) mass is 519 g/mol. The number of alkyl halides is 6. The van der Waals surface area contributed by atoms with E-state index in [1.54, 1.807) is 13.1 Å². The number of carbonyl (C=O) groups excluding carboxylic acids is 2. The van der Waals surface area contributed by atoms with Crippen molar-refractivity contribution in [2.24, 2.45) is 0 Å². The second kappa shape index (κ2) is 11.3. The maximum absolute atomic E-state index is 13.0. The molecule has 0 radical (unpaired) electrons. The molecule has 0 unspecified atom stereocenters. The summed E-state index contributed by atoms with van der Waals surface area (Å²) in [5, 5.41) is 11.9. The Bertz CT molecular complexity index is 1040. The first-order chi connectivity index (χ1) is 16.6. The fourth-order valence-electron chi connectivity index (χ4n) is 3.38. The van der Waals surface area contributed by atoms with Crippen LogP contribution in [0.5, 0.6) is 0 Å². The van der Waals surface area contributed by atoms with Crippen LogP contribution in [0.25, 0.3) is 0 Å². The highest BCUT2D eigenvalue weighted by atomic mass is 19.4. The van der Waals surface area contributed by atoms with Crippen LogP contribution in [0.15, 0.2) is 48.5 Å². The first kappa shape index (κ1) is 29.1. The number of rotatable bonds is 9. The van der Waals surface area contributed by atoms with E-state index in [-0.39, 0.29) is 29.1 Å². The van der Waals surface area contributed by atoms with Gasteiger partial charge in [0.05, 0.1) is 0 Å². The van der Waals surface area contributed by atoms with E-state index in [4.69, 9.17) is 0 Å². The zero-order valence-electron chi connectivity index (χ0n) is 19.9. The van der Waals surface area contributed by atoms with Crippen LogP contribution in [-0.4, -0.2) is 73.3 Å². The molecule has 0 fully saturated rings. The van der Waals surface area contributed by atoms with E-state index >= 15 is 0 Å². The molecule has 0 saturated heterocycles. The van der Waals surface area contributed by atoms with Gasteiger partial charge in [-0.1, -0.05) is 30.3 Å². The van der Waals surface area contributed by atoms with Crippen molar-refractivity contribution in [1.82, 2.24) is 15.1 Å². The number of nitrogens with one attached hydrogen (secondary N) is 1. The molecule has 6 nitrogen and oxygen atoms in total. The van der Waals surface area contributed by atoms with Gasteiger partial charge in [0.25, 0.3) is 17.4 Å². The minimum Gasteiger partial charge on any atom is -0.369 e. The summed E-state index contributed by atoms with van der Waals surface area (Å²) in [6.45, 7) is 1.10. The molecule has 2 aromatic carbocycles. The van der Waals surface area contributed by atoms with Gasteiger partial charge in [0.1, 0.15) is 0 Å². The van der Waals surface area contributed by atoms with Crippen molar-refractivity contribution in [1.29, 1.82) is 0 Å². The molecule has 0 bridgehead atoms. The summed E-state index contributed by atoms with van der Waals surface area (Å²) >= 11 is 0. The lowest BCUT2D eigenvalue weighted by atomic mass is 9.91. The number of hydrogen-bond acceptors (Lipinski definition) is 4. The van der Waals surface area contributed by atoms with Gasteiger partial charge in [-0.15, -0.1) is 0 Å². The van der Waals surface area contributed by atoms with E-state index in [2.05, 4.69) is 5.32 Å². The minimum absolute atomic E-state index is 0.155. The Balaban J connectivity index is 2.07. The van der Waals surface area contributed by atoms with Gasteiger partial charge < -0.3 is 20.2 Å². The lowest BCUT2D eigenvalue weighted by molar-refractivity contribution is -0.376. The Morgan fingerprint density at radius 2 is 1.42 bits per heavy atom. The lowest BCUT2D eigenvalue weighted by Crippen LogP contribution is -2.53. The molecule has 0 aromatic heterocycles. The van der Waals surface area contributed by atoms with Crippen molar-refractivity contribution >= 4 is 11.8 Å². The van der Waals surface area contributed by atoms with E-state index in [1.165, 1.54) is 23.1 Å². The molecule has 2 rings (SSSR count). The molecule has 0 saturated carbocycles. The molecule has 36 heavy (non-hydrogen) atoms. The van der Waals surface area contributed by atoms with Crippen LogP contribution in [0.2, 0.25) is 0 Å². The van der Waals surface area contributed by atoms with Crippen molar-refractivity contribution in [2.45, 2.75) is 30.9 Å². The molecule has 0 aliphatic rings. The van der Waals surface area contributed by atoms with Crippen LogP contribution in [0.3, 0.4) is 0 Å². The van der Waals surface area contributed by atoms with Crippen molar-refractivity contribution in [3.8, 4) is 0 Å². The summed E-state index contributed by atoms with van der Waals surface area (Å²) in [7, 11) is 5.49. The van der Waals surface area contributed by atoms with Crippen LogP contribution < -0.4 is 5.32 Å². The Labute approximate surface area is 204 Å². The fraction of sp³-hybridized carbons (Fsp3) is 0.417. The van der Waals surface area contributed by atoms with Gasteiger partial charge in [-0.25, -0.2) is 0 Å². The molecular weight excluding hydrogens is 492 g/mol. The van der Waals surface area contributed by atoms with Crippen molar-refractivity contribution in [3.63, 3.8) is 0 Å². The van der Waals surface area contributed by atoms with Gasteiger partial charge in [-0.05, 0) is 50.8 Å². The summed E-state index contributed by atoms with van der Waals surface area (Å²) < 4.78 is 78.0. The Morgan fingerprint density at radius 3 is 1.94 bits per heavy atom. The number of benzene rings is 2. The smallest absolute Gasteiger partial charge is 0.369 e. The van der Waals surface area contributed by atoms with E-state index in [1.807, 2.05) is 19.0 Å². The molecule has 2 N–H and O–H groups in total. The van der Waals surface area contributed by atoms with Crippen LogP contribution in [0.1, 0.15) is 38.3 Å². The molecular formula is C24H27F6N3O3. The third-order valence-corrected chi connectivity index (χ3v) is 5.46. The zero-order valence-corrected chi connectivity index (χ0v) is 19.9. The summed E-state index contributed by atoms with van der Waals surface area (Å²) in [5.74, 6) is -0.869. The molecule has 0 aliphatic heterocycles. The van der Waals surface area contributed by atoms with Crippen LogP contribution in [0.4, 0.5) is 26.3 Å². The predicted molar refractivity (Wildman–Crippen MR) is 120 cm³/mol. The molecule has 12 heteroatoms. The summed E-state index contributed by atoms with van der Waals surface area (Å²) in [6.07, 6.45) is -11.2. The molecule has 198 valence electrons. The Hall–Kier alpha value is -3.12. The normalized spacial score (nSPS) is 12.5. The number of nitrogens with zero attached hydrogens (tertiary/aromatic N) is 2.